The summed E-state index contributed by atoms with van der Waals surface area (Å²) in [6.07, 6.45) is 0.719. The lowest BCUT2D eigenvalue weighted by atomic mass is 10.1. The molecule has 4 heteroatoms. The van der Waals surface area contributed by atoms with Gasteiger partial charge in [-0.3, -0.25) is 0 Å². The van der Waals surface area contributed by atoms with Gasteiger partial charge in [0, 0.05) is 0 Å². The molecule has 0 aliphatic carbocycles. The van der Waals surface area contributed by atoms with Crippen LogP contribution in [-0.2, 0) is 16.0 Å². The molecule has 0 fully saturated rings. The standard InChI is InChI=1S/C12H13NO3/c1-8-2-4-9(5-3-8)6-10-7-16-11(13-10)12(14)15/h2-5,10H,6-7H2,1H3,(H,14,15). The van der Waals surface area contributed by atoms with Crippen LogP contribution in [0.5, 0.6) is 0 Å². The van der Waals surface area contributed by atoms with E-state index in [-0.39, 0.29) is 11.9 Å². The van der Waals surface area contributed by atoms with Gasteiger partial charge in [0.1, 0.15) is 6.61 Å². The van der Waals surface area contributed by atoms with Gasteiger partial charge in [0.25, 0.3) is 5.90 Å². The number of aliphatic carboxylic acids is 1. The van der Waals surface area contributed by atoms with Crippen molar-refractivity contribution in [1.82, 2.24) is 0 Å². The smallest absolute Gasteiger partial charge is 0.391 e. The minimum atomic E-state index is -1.09. The van der Waals surface area contributed by atoms with Gasteiger partial charge in [-0.2, -0.15) is 0 Å². The molecule has 0 amide bonds. The highest BCUT2D eigenvalue weighted by molar-refractivity contribution is 6.32. The molecule has 1 aromatic rings. The molecular formula is C12H13NO3. The van der Waals surface area contributed by atoms with Gasteiger partial charge >= 0.3 is 5.97 Å². The third kappa shape index (κ3) is 2.39. The Morgan fingerprint density at radius 3 is 2.75 bits per heavy atom. The second-order valence-corrected chi connectivity index (χ2v) is 3.89. The number of hydrogen-bond donors (Lipinski definition) is 1. The molecule has 16 heavy (non-hydrogen) atoms. The van der Waals surface area contributed by atoms with Crippen LogP contribution in [0.2, 0.25) is 0 Å². The number of carboxylic acids is 1. The SMILES string of the molecule is Cc1ccc(CC2COC(C(=O)O)=N2)cc1. The highest BCUT2D eigenvalue weighted by atomic mass is 16.5. The van der Waals surface area contributed by atoms with Crippen LogP contribution in [0.3, 0.4) is 0 Å². The topological polar surface area (TPSA) is 58.9 Å². The van der Waals surface area contributed by atoms with Crippen LogP contribution in [0.4, 0.5) is 0 Å². The van der Waals surface area contributed by atoms with E-state index >= 15 is 0 Å². The van der Waals surface area contributed by atoms with Gasteiger partial charge in [-0.05, 0) is 18.9 Å². The molecule has 1 heterocycles. The molecule has 0 radical (unpaired) electrons. The number of nitrogens with zero attached hydrogens (tertiary/aromatic N) is 1. The number of rotatable bonds is 3. The molecule has 2 rings (SSSR count). The fourth-order valence-corrected chi connectivity index (χ4v) is 1.63. The number of hydrogen-bond acceptors (Lipinski definition) is 3. The Hall–Kier alpha value is -1.84. The summed E-state index contributed by atoms with van der Waals surface area (Å²) in [5.74, 6) is -1.26. The molecule has 1 atom stereocenters. The first kappa shape index (κ1) is 10.7. The van der Waals surface area contributed by atoms with Crippen LogP contribution in [0.15, 0.2) is 29.3 Å². The third-order valence-corrected chi connectivity index (χ3v) is 2.49. The summed E-state index contributed by atoms with van der Waals surface area (Å²) < 4.78 is 4.97. The molecule has 1 aromatic carbocycles. The molecule has 4 nitrogen and oxygen atoms in total. The number of carboxylic acid groups (broad SMARTS) is 1. The van der Waals surface area contributed by atoms with E-state index in [2.05, 4.69) is 4.99 Å². The van der Waals surface area contributed by atoms with Gasteiger partial charge in [-0.1, -0.05) is 29.8 Å². The minimum absolute atomic E-state index is 0.0752. The van der Waals surface area contributed by atoms with Crippen LogP contribution in [0.1, 0.15) is 11.1 Å². The van der Waals surface area contributed by atoms with Crippen molar-refractivity contribution in [2.75, 3.05) is 6.61 Å². The van der Waals surface area contributed by atoms with Crippen molar-refractivity contribution in [1.29, 1.82) is 0 Å². The van der Waals surface area contributed by atoms with Crippen molar-refractivity contribution in [3.05, 3.63) is 35.4 Å². The molecule has 0 saturated heterocycles. The van der Waals surface area contributed by atoms with E-state index in [4.69, 9.17) is 9.84 Å². The van der Waals surface area contributed by atoms with Crippen molar-refractivity contribution in [3.8, 4) is 0 Å². The first-order chi connectivity index (χ1) is 7.65. The van der Waals surface area contributed by atoms with Gasteiger partial charge in [-0.15, -0.1) is 0 Å². The van der Waals surface area contributed by atoms with E-state index in [0.717, 1.165) is 12.0 Å². The Kier molecular flexibility index (Phi) is 2.90. The van der Waals surface area contributed by atoms with Gasteiger partial charge in [0.2, 0.25) is 0 Å². The monoisotopic (exact) mass is 219 g/mol. The maximum Gasteiger partial charge on any atom is 0.391 e. The number of benzene rings is 1. The molecule has 1 aliphatic heterocycles. The third-order valence-electron chi connectivity index (χ3n) is 2.49. The lowest BCUT2D eigenvalue weighted by Crippen LogP contribution is -2.12. The zero-order chi connectivity index (χ0) is 11.5. The van der Waals surface area contributed by atoms with Crippen molar-refractivity contribution >= 4 is 11.9 Å². The quantitative estimate of drug-likeness (QED) is 0.836. The van der Waals surface area contributed by atoms with Crippen LogP contribution in [0.25, 0.3) is 0 Å². The van der Waals surface area contributed by atoms with Crippen molar-refractivity contribution in [2.45, 2.75) is 19.4 Å². The average molecular weight is 219 g/mol. The summed E-state index contributed by atoms with van der Waals surface area (Å²) in [5, 5.41) is 8.68. The number of ether oxygens (including phenoxy) is 1. The molecule has 1 N–H and O–H groups in total. The zero-order valence-corrected chi connectivity index (χ0v) is 9.01. The van der Waals surface area contributed by atoms with Crippen LogP contribution in [-0.4, -0.2) is 29.6 Å². The van der Waals surface area contributed by atoms with E-state index in [0.29, 0.717) is 6.61 Å². The van der Waals surface area contributed by atoms with Crippen LogP contribution >= 0.6 is 0 Å². The Morgan fingerprint density at radius 1 is 1.50 bits per heavy atom. The van der Waals surface area contributed by atoms with Gasteiger partial charge in [0.05, 0.1) is 6.04 Å². The molecule has 0 aromatic heterocycles. The van der Waals surface area contributed by atoms with Crippen LogP contribution in [0, 0.1) is 6.92 Å². The van der Waals surface area contributed by atoms with E-state index in [1.807, 2.05) is 31.2 Å². The van der Waals surface area contributed by atoms with Gasteiger partial charge < -0.3 is 9.84 Å². The summed E-state index contributed by atoms with van der Waals surface area (Å²) in [5.41, 5.74) is 2.36. The summed E-state index contributed by atoms with van der Waals surface area (Å²) in [6.45, 7) is 2.39. The summed E-state index contributed by atoms with van der Waals surface area (Å²) in [6, 6.07) is 8.06. The zero-order valence-electron chi connectivity index (χ0n) is 9.01. The fraction of sp³-hybridized carbons (Fsp3) is 0.333. The Morgan fingerprint density at radius 2 is 2.19 bits per heavy atom. The second-order valence-electron chi connectivity index (χ2n) is 3.89. The normalized spacial score (nSPS) is 19.1. The maximum atomic E-state index is 10.6. The lowest BCUT2D eigenvalue weighted by molar-refractivity contribution is -0.130. The highest BCUT2D eigenvalue weighted by Gasteiger charge is 2.23. The van der Waals surface area contributed by atoms with E-state index in [9.17, 15) is 4.79 Å². The summed E-state index contributed by atoms with van der Waals surface area (Å²) in [4.78, 5) is 14.6. The largest absolute Gasteiger partial charge is 0.474 e. The van der Waals surface area contributed by atoms with Crippen LogP contribution < -0.4 is 0 Å². The predicted octanol–water partition coefficient (Wildman–Crippen LogP) is 1.42. The van der Waals surface area contributed by atoms with Crippen molar-refractivity contribution < 1.29 is 14.6 Å². The maximum absolute atomic E-state index is 10.6. The molecule has 0 bridgehead atoms. The molecule has 84 valence electrons. The first-order valence-corrected chi connectivity index (χ1v) is 5.14. The van der Waals surface area contributed by atoms with Crippen molar-refractivity contribution in [3.63, 3.8) is 0 Å². The highest BCUT2D eigenvalue weighted by Crippen LogP contribution is 2.12. The summed E-state index contributed by atoms with van der Waals surface area (Å²) >= 11 is 0. The number of aryl methyl sites for hydroxylation is 1. The first-order valence-electron chi connectivity index (χ1n) is 5.14. The van der Waals surface area contributed by atoms with E-state index in [1.54, 1.807) is 0 Å². The van der Waals surface area contributed by atoms with E-state index < -0.39 is 5.97 Å². The van der Waals surface area contributed by atoms with Gasteiger partial charge in [0.15, 0.2) is 0 Å². The second kappa shape index (κ2) is 4.35. The number of carbonyl (C=O) groups is 1. The lowest BCUT2D eigenvalue weighted by Gasteiger charge is -2.05. The summed E-state index contributed by atoms with van der Waals surface area (Å²) in [7, 11) is 0. The molecule has 1 aliphatic rings. The Bertz CT molecular complexity index is 422. The minimum Gasteiger partial charge on any atom is -0.474 e. The van der Waals surface area contributed by atoms with Crippen molar-refractivity contribution in [2.24, 2.45) is 4.99 Å². The molecule has 0 spiro atoms. The Balaban J connectivity index is 2.01. The predicted molar refractivity (Wildman–Crippen MR) is 59.7 cm³/mol. The molecular weight excluding hydrogens is 206 g/mol. The Labute approximate surface area is 93.6 Å². The molecule has 0 saturated carbocycles. The average Bonchev–Trinajstić information content (AvgIpc) is 2.70. The fourth-order valence-electron chi connectivity index (χ4n) is 1.63. The number of aliphatic imine (C=N–C) groups is 1. The van der Waals surface area contributed by atoms with Gasteiger partial charge in [-0.25, -0.2) is 9.79 Å². The van der Waals surface area contributed by atoms with E-state index in [1.165, 1.54) is 5.56 Å². The molecule has 1 unspecified atom stereocenters.